The molecule has 0 bridgehead atoms. The van der Waals surface area contributed by atoms with Gasteiger partial charge < -0.3 is 10.6 Å². The first kappa shape index (κ1) is 17.8. The van der Waals surface area contributed by atoms with E-state index in [9.17, 15) is 18.8 Å². The van der Waals surface area contributed by atoms with E-state index >= 15 is 0 Å². The number of hydrogen-bond donors (Lipinski definition) is 1. The van der Waals surface area contributed by atoms with Crippen LogP contribution in [0, 0.1) is 11.7 Å². The maximum Gasteiger partial charge on any atom is 0.254 e. The summed E-state index contributed by atoms with van der Waals surface area (Å²) in [6.45, 7) is 0.844. The van der Waals surface area contributed by atoms with E-state index in [1.807, 2.05) is 0 Å². The van der Waals surface area contributed by atoms with E-state index < -0.39 is 5.82 Å². The van der Waals surface area contributed by atoms with Crippen LogP contribution in [0.3, 0.4) is 0 Å². The molecule has 0 atom stereocenters. The number of hydrogen-bond acceptors (Lipinski definition) is 3. The van der Waals surface area contributed by atoms with Gasteiger partial charge in [0.1, 0.15) is 5.82 Å². The smallest absolute Gasteiger partial charge is 0.254 e. The molecule has 134 valence electrons. The van der Waals surface area contributed by atoms with Crippen LogP contribution in [-0.2, 0) is 4.79 Å². The molecule has 1 aliphatic rings. The van der Waals surface area contributed by atoms with Crippen molar-refractivity contribution in [2.75, 3.05) is 13.1 Å². The summed E-state index contributed by atoms with van der Waals surface area (Å²) >= 11 is 0. The predicted octanol–water partition coefficient (Wildman–Crippen LogP) is 2.39. The third kappa shape index (κ3) is 3.64. The van der Waals surface area contributed by atoms with Crippen LogP contribution in [0.2, 0.25) is 0 Å². The van der Waals surface area contributed by atoms with E-state index in [1.54, 1.807) is 29.2 Å². The van der Waals surface area contributed by atoms with E-state index in [4.69, 9.17) is 5.73 Å². The summed E-state index contributed by atoms with van der Waals surface area (Å²) in [6, 6.07) is 11.8. The minimum Gasteiger partial charge on any atom is -0.369 e. The summed E-state index contributed by atoms with van der Waals surface area (Å²) in [4.78, 5) is 38.5. The second-order valence-electron chi connectivity index (χ2n) is 6.35. The Kier molecular flexibility index (Phi) is 5.11. The number of nitrogens with two attached hydrogens (primary N) is 1. The molecule has 1 heterocycles. The molecule has 3 rings (SSSR count). The second kappa shape index (κ2) is 7.47. The highest BCUT2D eigenvalue weighted by atomic mass is 19.1. The van der Waals surface area contributed by atoms with Crippen molar-refractivity contribution in [3.05, 3.63) is 71.0 Å². The Morgan fingerprint density at radius 3 is 2.08 bits per heavy atom. The van der Waals surface area contributed by atoms with Crippen LogP contribution in [0.4, 0.5) is 4.39 Å². The molecule has 6 heteroatoms. The topological polar surface area (TPSA) is 80.5 Å². The number of carbonyl (C=O) groups excluding carboxylic acids is 3. The minimum absolute atomic E-state index is 0.213. The molecule has 0 saturated carbocycles. The molecule has 0 unspecified atom stereocenters. The number of primary amides is 1. The summed E-state index contributed by atoms with van der Waals surface area (Å²) < 4.78 is 13.1. The number of likely N-dealkylation sites (tertiary alicyclic amines) is 1. The van der Waals surface area contributed by atoms with Gasteiger partial charge in [-0.05, 0) is 43.2 Å². The largest absolute Gasteiger partial charge is 0.369 e. The van der Waals surface area contributed by atoms with Crippen molar-refractivity contribution < 1.29 is 18.8 Å². The molecule has 1 aliphatic heterocycles. The lowest BCUT2D eigenvalue weighted by molar-refractivity contribution is -0.123. The molecule has 2 N–H and O–H groups in total. The maximum absolute atomic E-state index is 13.1. The summed E-state index contributed by atoms with van der Waals surface area (Å²) in [5, 5.41) is 0. The van der Waals surface area contributed by atoms with Gasteiger partial charge in [-0.2, -0.15) is 0 Å². The van der Waals surface area contributed by atoms with Crippen LogP contribution < -0.4 is 5.73 Å². The van der Waals surface area contributed by atoms with Crippen molar-refractivity contribution in [3.63, 3.8) is 0 Å². The lowest BCUT2D eigenvalue weighted by Crippen LogP contribution is -2.42. The second-order valence-corrected chi connectivity index (χ2v) is 6.35. The first-order chi connectivity index (χ1) is 12.5. The highest BCUT2D eigenvalue weighted by Gasteiger charge is 2.28. The zero-order chi connectivity index (χ0) is 18.7. The average molecular weight is 354 g/mol. The monoisotopic (exact) mass is 354 g/mol. The number of ketones is 1. The Bertz CT molecular complexity index is 840. The van der Waals surface area contributed by atoms with Crippen molar-refractivity contribution >= 4 is 17.6 Å². The lowest BCUT2D eigenvalue weighted by Gasteiger charge is -2.31. The SMILES string of the molecule is NC(=O)C1CCN(C(=O)c2ccccc2C(=O)c2ccc(F)cc2)CC1. The zero-order valence-electron chi connectivity index (χ0n) is 14.2. The van der Waals surface area contributed by atoms with Crippen molar-refractivity contribution in [3.8, 4) is 0 Å². The molecule has 0 spiro atoms. The van der Waals surface area contributed by atoms with Crippen LogP contribution in [0.1, 0.15) is 39.1 Å². The molecule has 2 amide bonds. The maximum atomic E-state index is 13.1. The van der Waals surface area contributed by atoms with Gasteiger partial charge in [-0.25, -0.2) is 4.39 Å². The molecular formula is C20H19FN2O3. The predicted molar refractivity (Wildman–Crippen MR) is 94.1 cm³/mol. The number of nitrogens with zero attached hydrogens (tertiary/aromatic N) is 1. The molecule has 1 fully saturated rings. The van der Waals surface area contributed by atoms with Gasteiger partial charge in [-0.3, -0.25) is 14.4 Å². The van der Waals surface area contributed by atoms with Gasteiger partial charge in [0, 0.05) is 30.1 Å². The normalized spacial score (nSPS) is 14.9. The lowest BCUT2D eigenvalue weighted by atomic mass is 9.94. The Morgan fingerprint density at radius 2 is 1.50 bits per heavy atom. The molecule has 5 nitrogen and oxygen atoms in total. The van der Waals surface area contributed by atoms with Gasteiger partial charge in [0.25, 0.3) is 5.91 Å². The van der Waals surface area contributed by atoms with Crippen molar-refractivity contribution in [1.82, 2.24) is 4.90 Å². The van der Waals surface area contributed by atoms with Crippen LogP contribution in [-0.4, -0.2) is 35.6 Å². The summed E-state index contributed by atoms with van der Waals surface area (Å²) in [5.74, 6) is -1.57. The Balaban J connectivity index is 1.83. The fourth-order valence-corrected chi connectivity index (χ4v) is 3.16. The van der Waals surface area contributed by atoms with Gasteiger partial charge in [-0.15, -0.1) is 0 Å². The third-order valence-corrected chi connectivity index (χ3v) is 4.69. The van der Waals surface area contributed by atoms with Gasteiger partial charge in [0.15, 0.2) is 5.78 Å². The van der Waals surface area contributed by atoms with Gasteiger partial charge in [0.2, 0.25) is 5.91 Å². The molecule has 2 aromatic rings. The summed E-state index contributed by atoms with van der Waals surface area (Å²) in [7, 11) is 0. The molecule has 0 aliphatic carbocycles. The van der Waals surface area contributed by atoms with E-state index in [1.165, 1.54) is 24.3 Å². The molecule has 1 saturated heterocycles. The van der Waals surface area contributed by atoms with Crippen molar-refractivity contribution in [1.29, 1.82) is 0 Å². The van der Waals surface area contributed by atoms with E-state index in [2.05, 4.69) is 0 Å². The van der Waals surface area contributed by atoms with E-state index in [0.717, 1.165) is 0 Å². The van der Waals surface area contributed by atoms with Gasteiger partial charge in [0.05, 0.1) is 5.56 Å². The standard InChI is InChI=1S/C20H19FN2O3/c21-15-7-5-13(6-8-15)18(24)16-3-1-2-4-17(16)20(26)23-11-9-14(10-12-23)19(22)25/h1-8,14H,9-12H2,(H2,22,25). The zero-order valence-corrected chi connectivity index (χ0v) is 14.2. The number of piperidine rings is 1. The number of benzene rings is 2. The molecular weight excluding hydrogens is 335 g/mol. The van der Waals surface area contributed by atoms with Crippen LogP contribution in [0.15, 0.2) is 48.5 Å². The van der Waals surface area contributed by atoms with E-state index in [0.29, 0.717) is 37.1 Å². The Labute approximate surface area is 150 Å². The third-order valence-electron chi connectivity index (χ3n) is 4.69. The van der Waals surface area contributed by atoms with Gasteiger partial charge >= 0.3 is 0 Å². The van der Waals surface area contributed by atoms with E-state index in [-0.39, 0.29) is 29.1 Å². The highest BCUT2D eigenvalue weighted by Crippen LogP contribution is 2.22. The fourth-order valence-electron chi connectivity index (χ4n) is 3.16. The van der Waals surface area contributed by atoms with Gasteiger partial charge in [-0.1, -0.05) is 18.2 Å². The van der Waals surface area contributed by atoms with Crippen LogP contribution in [0.5, 0.6) is 0 Å². The highest BCUT2D eigenvalue weighted by molar-refractivity contribution is 6.15. The van der Waals surface area contributed by atoms with Crippen molar-refractivity contribution in [2.45, 2.75) is 12.8 Å². The average Bonchev–Trinajstić information content (AvgIpc) is 2.67. The summed E-state index contributed by atoms with van der Waals surface area (Å²) in [5.41, 5.74) is 6.23. The number of carbonyl (C=O) groups is 3. The Hall–Kier alpha value is -3.02. The first-order valence-corrected chi connectivity index (χ1v) is 8.45. The first-order valence-electron chi connectivity index (χ1n) is 8.45. The molecule has 26 heavy (non-hydrogen) atoms. The van der Waals surface area contributed by atoms with Crippen LogP contribution in [0.25, 0.3) is 0 Å². The fraction of sp³-hybridized carbons (Fsp3) is 0.250. The quantitative estimate of drug-likeness (QED) is 0.856. The number of rotatable bonds is 4. The number of amides is 2. The number of halogens is 1. The molecule has 0 aromatic heterocycles. The summed E-state index contributed by atoms with van der Waals surface area (Å²) in [6.07, 6.45) is 1.05. The van der Waals surface area contributed by atoms with Crippen LogP contribution >= 0.6 is 0 Å². The molecule has 0 radical (unpaired) electrons. The minimum atomic E-state index is -0.428. The van der Waals surface area contributed by atoms with Crippen molar-refractivity contribution in [2.24, 2.45) is 11.7 Å². The Morgan fingerprint density at radius 1 is 0.923 bits per heavy atom. The molecule has 2 aromatic carbocycles.